The van der Waals surface area contributed by atoms with Crippen LogP contribution in [0, 0.1) is 6.92 Å². The third-order valence-corrected chi connectivity index (χ3v) is 3.62. The molecule has 0 aliphatic heterocycles. The van der Waals surface area contributed by atoms with Crippen molar-refractivity contribution in [2.24, 2.45) is 0 Å². The number of carbonyl (C=O) groups excluding carboxylic acids is 2. The fraction of sp³-hybridized carbons (Fsp3) is 0.125. The second-order valence-corrected chi connectivity index (χ2v) is 5.57. The standard InChI is InChI=1S/C16H14Cl2N2O2/c1-10-5-6-13(8-14(10)18)20-16(22)15(21)19-9-11-3-2-4-12(17)7-11/h2-8H,9H2,1H3,(H,19,21)(H,20,22). The van der Waals surface area contributed by atoms with Gasteiger partial charge in [0.1, 0.15) is 0 Å². The Kier molecular flexibility index (Phi) is 5.41. The number of aryl methyl sites for hydroxylation is 1. The molecular formula is C16H14Cl2N2O2. The summed E-state index contributed by atoms with van der Waals surface area (Å²) in [7, 11) is 0. The van der Waals surface area contributed by atoms with E-state index in [1.54, 1.807) is 36.4 Å². The van der Waals surface area contributed by atoms with Crippen LogP contribution in [0.3, 0.4) is 0 Å². The average Bonchev–Trinajstić information content (AvgIpc) is 2.48. The molecule has 4 nitrogen and oxygen atoms in total. The van der Waals surface area contributed by atoms with Crippen LogP contribution < -0.4 is 10.6 Å². The van der Waals surface area contributed by atoms with Gasteiger partial charge >= 0.3 is 11.8 Å². The molecule has 0 saturated heterocycles. The summed E-state index contributed by atoms with van der Waals surface area (Å²) >= 11 is 11.8. The summed E-state index contributed by atoms with van der Waals surface area (Å²) in [5, 5.41) is 6.13. The van der Waals surface area contributed by atoms with Crippen molar-refractivity contribution in [2.75, 3.05) is 5.32 Å². The Morgan fingerprint density at radius 2 is 1.82 bits per heavy atom. The molecule has 2 aromatic rings. The van der Waals surface area contributed by atoms with Crippen molar-refractivity contribution in [3.05, 3.63) is 63.6 Å². The molecule has 0 aliphatic carbocycles. The second-order valence-electron chi connectivity index (χ2n) is 4.73. The zero-order valence-electron chi connectivity index (χ0n) is 11.8. The van der Waals surface area contributed by atoms with Gasteiger partial charge in [0, 0.05) is 22.3 Å². The third kappa shape index (κ3) is 4.48. The van der Waals surface area contributed by atoms with Gasteiger partial charge in [-0.05, 0) is 42.3 Å². The van der Waals surface area contributed by atoms with E-state index in [0.717, 1.165) is 11.1 Å². The highest BCUT2D eigenvalue weighted by Crippen LogP contribution is 2.19. The van der Waals surface area contributed by atoms with Crippen LogP contribution >= 0.6 is 23.2 Å². The van der Waals surface area contributed by atoms with Crippen LogP contribution in [0.15, 0.2) is 42.5 Å². The quantitative estimate of drug-likeness (QED) is 0.842. The minimum Gasteiger partial charge on any atom is -0.344 e. The predicted molar refractivity (Wildman–Crippen MR) is 88.1 cm³/mol. The predicted octanol–water partition coefficient (Wildman–Crippen LogP) is 3.56. The monoisotopic (exact) mass is 336 g/mol. The number of anilines is 1. The van der Waals surface area contributed by atoms with E-state index in [2.05, 4.69) is 10.6 Å². The number of carbonyl (C=O) groups is 2. The van der Waals surface area contributed by atoms with Crippen LogP contribution in [0.25, 0.3) is 0 Å². The van der Waals surface area contributed by atoms with E-state index in [0.29, 0.717) is 15.7 Å². The molecule has 0 bridgehead atoms. The van der Waals surface area contributed by atoms with Crippen molar-refractivity contribution in [1.29, 1.82) is 0 Å². The van der Waals surface area contributed by atoms with Crippen molar-refractivity contribution in [3.63, 3.8) is 0 Å². The maximum absolute atomic E-state index is 11.8. The first-order chi connectivity index (χ1) is 10.5. The smallest absolute Gasteiger partial charge is 0.313 e. The number of amides is 2. The Balaban J connectivity index is 1.92. The Morgan fingerprint density at radius 3 is 2.50 bits per heavy atom. The van der Waals surface area contributed by atoms with Gasteiger partial charge < -0.3 is 10.6 Å². The van der Waals surface area contributed by atoms with E-state index in [1.165, 1.54) is 0 Å². The fourth-order valence-electron chi connectivity index (χ4n) is 1.77. The lowest BCUT2D eigenvalue weighted by atomic mass is 10.2. The lowest BCUT2D eigenvalue weighted by molar-refractivity contribution is -0.136. The first-order valence-corrected chi connectivity index (χ1v) is 7.31. The number of hydrogen-bond donors (Lipinski definition) is 2. The van der Waals surface area contributed by atoms with Gasteiger partial charge in [0.25, 0.3) is 0 Å². The van der Waals surface area contributed by atoms with Crippen LogP contribution in [-0.4, -0.2) is 11.8 Å². The average molecular weight is 337 g/mol. The summed E-state index contributed by atoms with van der Waals surface area (Å²) in [6.07, 6.45) is 0. The third-order valence-electron chi connectivity index (χ3n) is 2.98. The topological polar surface area (TPSA) is 58.2 Å². The van der Waals surface area contributed by atoms with Crippen molar-refractivity contribution >= 4 is 40.7 Å². The molecule has 114 valence electrons. The Bertz CT molecular complexity index is 717. The summed E-state index contributed by atoms with van der Waals surface area (Å²) in [4.78, 5) is 23.6. The number of nitrogens with one attached hydrogen (secondary N) is 2. The van der Waals surface area contributed by atoms with E-state index >= 15 is 0 Å². The maximum atomic E-state index is 11.8. The van der Waals surface area contributed by atoms with E-state index in [1.807, 2.05) is 13.0 Å². The van der Waals surface area contributed by atoms with Crippen LogP contribution in [0.5, 0.6) is 0 Å². The molecule has 22 heavy (non-hydrogen) atoms. The van der Waals surface area contributed by atoms with Crippen molar-refractivity contribution in [2.45, 2.75) is 13.5 Å². The molecule has 0 heterocycles. The normalized spacial score (nSPS) is 10.1. The Hall–Kier alpha value is -2.04. The Morgan fingerprint density at radius 1 is 1.05 bits per heavy atom. The fourth-order valence-corrected chi connectivity index (χ4v) is 2.16. The van der Waals surface area contributed by atoms with Crippen molar-refractivity contribution < 1.29 is 9.59 Å². The van der Waals surface area contributed by atoms with E-state index in [4.69, 9.17) is 23.2 Å². The van der Waals surface area contributed by atoms with Crippen LogP contribution in [0.4, 0.5) is 5.69 Å². The molecule has 0 atom stereocenters. The summed E-state index contributed by atoms with van der Waals surface area (Å²) in [5.41, 5.74) is 2.18. The number of halogens is 2. The molecule has 0 unspecified atom stereocenters. The van der Waals surface area contributed by atoms with Gasteiger partial charge in [-0.15, -0.1) is 0 Å². The second kappa shape index (κ2) is 7.29. The van der Waals surface area contributed by atoms with E-state index in [9.17, 15) is 9.59 Å². The molecular weight excluding hydrogens is 323 g/mol. The van der Waals surface area contributed by atoms with Gasteiger partial charge in [-0.2, -0.15) is 0 Å². The molecule has 2 amide bonds. The minimum absolute atomic E-state index is 0.224. The summed E-state index contributed by atoms with van der Waals surface area (Å²) < 4.78 is 0. The zero-order chi connectivity index (χ0) is 16.1. The molecule has 0 spiro atoms. The lowest BCUT2D eigenvalue weighted by Gasteiger charge is -2.08. The van der Waals surface area contributed by atoms with Crippen LogP contribution in [0.2, 0.25) is 10.0 Å². The van der Waals surface area contributed by atoms with E-state index in [-0.39, 0.29) is 6.54 Å². The zero-order valence-corrected chi connectivity index (χ0v) is 13.3. The van der Waals surface area contributed by atoms with Gasteiger partial charge in [0.15, 0.2) is 0 Å². The van der Waals surface area contributed by atoms with Crippen molar-refractivity contribution in [3.8, 4) is 0 Å². The summed E-state index contributed by atoms with van der Waals surface area (Å²) in [6.45, 7) is 2.08. The first-order valence-electron chi connectivity index (χ1n) is 6.55. The molecule has 2 aromatic carbocycles. The molecule has 0 saturated carbocycles. The highest BCUT2D eigenvalue weighted by atomic mass is 35.5. The SMILES string of the molecule is Cc1ccc(NC(=O)C(=O)NCc2cccc(Cl)c2)cc1Cl. The Labute approximate surface area is 138 Å². The van der Waals surface area contributed by atoms with Gasteiger partial charge in [-0.3, -0.25) is 9.59 Å². The maximum Gasteiger partial charge on any atom is 0.313 e. The molecule has 0 fully saturated rings. The lowest BCUT2D eigenvalue weighted by Crippen LogP contribution is -2.34. The molecule has 6 heteroatoms. The molecule has 0 aliphatic rings. The van der Waals surface area contributed by atoms with Gasteiger partial charge in [-0.1, -0.05) is 41.4 Å². The number of benzene rings is 2. The largest absolute Gasteiger partial charge is 0.344 e. The van der Waals surface area contributed by atoms with Crippen molar-refractivity contribution in [1.82, 2.24) is 5.32 Å². The van der Waals surface area contributed by atoms with Crippen LogP contribution in [-0.2, 0) is 16.1 Å². The number of hydrogen-bond acceptors (Lipinski definition) is 2. The van der Waals surface area contributed by atoms with Crippen LogP contribution in [0.1, 0.15) is 11.1 Å². The van der Waals surface area contributed by atoms with Gasteiger partial charge in [0.2, 0.25) is 0 Å². The first kappa shape index (κ1) is 16.3. The minimum atomic E-state index is -0.748. The van der Waals surface area contributed by atoms with Gasteiger partial charge in [0.05, 0.1) is 0 Å². The van der Waals surface area contributed by atoms with E-state index < -0.39 is 11.8 Å². The van der Waals surface area contributed by atoms with Gasteiger partial charge in [-0.25, -0.2) is 0 Å². The molecule has 0 aromatic heterocycles. The molecule has 0 radical (unpaired) electrons. The summed E-state index contributed by atoms with van der Waals surface area (Å²) in [5.74, 6) is -1.47. The summed E-state index contributed by atoms with van der Waals surface area (Å²) in [6, 6.07) is 12.1. The number of rotatable bonds is 3. The highest BCUT2D eigenvalue weighted by molar-refractivity contribution is 6.39. The highest BCUT2D eigenvalue weighted by Gasteiger charge is 2.13. The molecule has 2 rings (SSSR count). The molecule has 2 N–H and O–H groups in total.